The second kappa shape index (κ2) is 3.21. The Bertz CT molecular complexity index is 273. The highest BCUT2D eigenvalue weighted by Crippen LogP contribution is 1.95. The van der Waals surface area contributed by atoms with Crippen molar-refractivity contribution >= 4 is 5.78 Å². The lowest BCUT2D eigenvalue weighted by Crippen LogP contribution is -2.02. The van der Waals surface area contributed by atoms with E-state index in [1.165, 1.54) is 13.1 Å². The Balaban J connectivity index is 3.01. The molecular weight excluding hydrogens is 144 g/mol. The van der Waals surface area contributed by atoms with E-state index in [2.05, 4.69) is 9.97 Å². The predicted molar refractivity (Wildman–Crippen MR) is 38.0 cm³/mol. The van der Waals surface area contributed by atoms with Gasteiger partial charge in [0.2, 0.25) is 0 Å². The normalized spacial score (nSPS) is 9.64. The molecule has 1 aromatic rings. The monoisotopic (exact) mass is 152 g/mol. The number of aliphatic hydroxyl groups is 1. The molecule has 4 nitrogen and oxygen atoms in total. The first-order chi connectivity index (χ1) is 5.24. The van der Waals surface area contributed by atoms with Gasteiger partial charge in [-0.3, -0.25) is 4.79 Å². The number of aliphatic hydroxyl groups excluding tert-OH is 1. The Morgan fingerprint density at radius 2 is 2.45 bits per heavy atom. The molecule has 58 valence electrons. The summed E-state index contributed by atoms with van der Waals surface area (Å²) in [6.45, 7) is 1.22. The van der Waals surface area contributed by atoms with Gasteiger partial charge >= 0.3 is 0 Å². The van der Waals surface area contributed by atoms with Gasteiger partial charge in [-0.2, -0.15) is 0 Å². The number of ketones is 1. The van der Waals surface area contributed by atoms with E-state index in [-0.39, 0.29) is 18.2 Å². The fourth-order valence-electron chi connectivity index (χ4n) is 0.654. The van der Waals surface area contributed by atoms with Gasteiger partial charge < -0.3 is 5.11 Å². The lowest BCUT2D eigenvalue weighted by molar-refractivity contribution is 0.100. The van der Waals surface area contributed by atoms with Crippen LogP contribution in [0, 0.1) is 0 Å². The van der Waals surface area contributed by atoms with E-state index in [1.807, 2.05) is 0 Å². The lowest BCUT2D eigenvalue weighted by Gasteiger charge is -1.95. The summed E-state index contributed by atoms with van der Waals surface area (Å²) in [5.74, 6) is -0.0446. The third kappa shape index (κ3) is 1.81. The van der Waals surface area contributed by atoms with Crippen molar-refractivity contribution in [3.63, 3.8) is 0 Å². The standard InChI is InChI=1S/C7H8N2O2/c1-5(11)7-8-3-2-6(4-10)9-7/h2-3,10H,4H2,1H3. The topological polar surface area (TPSA) is 63.1 Å². The van der Waals surface area contributed by atoms with Gasteiger partial charge in [0.25, 0.3) is 0 Å². The Morgan fingerprint density at radius 3 is 3.00 bits per heavy atom. The summed E-state index contributed by atoms with van der Waals surface area (Å²) in [4.78, 5) is 18.2. The van der Waals surface area contributed by atoms with Crippen LogP contribution in [-0.2, 0) is 6.61 Å². The number of hydrogen-bond acceptors (Lipinski definition) is 4. The van der Waals surface area contributed by atoms with Crippen molar-refractivity contribution in [3.05, 3.63) is 23.8 Å². The average Bonchev–Trinajstić information content (AvgIpc) is 2.05. The minimum absolute atomic E-state index is 0.150. The van der Waals surface area contributed by atoms with E-state index < -0.39 is 0 Å². The second-order valence-corrected chi connectivity index (χ2v) is 2.09. The lowest BCUT2D eigenvalue weighted by atomic mass is 10.3. The number of nitrogens with zero attached hydrogens (tertiary/aromatic N) is 2. The average molecular weight is 152 g/mol. The maximum atomic E-state index is 10.7. The number of aromatic nitrogens is 2. The summed E-state index contributed by atoms with van der Waals surface area (Å²) in [5, 5.41) is 8.64. The van der Waals surface area contributed by atoms with Crippen LogP contribution in [0.5, 0.6) is 0 Å². The first-order valence-corrected chi connectivity index (χ1v) is 3.17. The van der Waals surface area contributed by atoms with Crippen LogP contribution in [0.4, 0.5) is 0 Å². The summed E-state index contributed by atoms with van der Waals surface area (Å²) in [7, 11) is 0. The van der Waals surface area contributed by atoms with E-state index in [0.717, 1.165) is 0 Å². The van der Waals surface area contributed by atoms with E-state index in [9.17, 15) is 4.79 Å². The van der Waals surface area contributed by atoms with Crippen LogP contribution in [-0.4, -0.2) is 20.9 Å². The van der Waals surface area contributed by atoms with Crippen LogP contribution in [0.25, 0.3) is 0 Å². The zero-order valence-electron chi connectivity index (χ0n) is 6.11. The molecule has 0 amide bonds. The summed E-state index contributed by atoms with van der Waals surface area (Å²) in [6.07, 6.45) is 1.45. The van der Waals surface area contributed by atoms with E-state index >= 15 is 0 Å². The first kappa shape index (κ1) is 7.81. The van der Waals surface area contributed by atoms with Crippen LogP contribution in [0.3, 0.4) is 0 Å². The molecule has 0 spiro atoms. The minimum atomic E-state index is -0.194. The van der Waals surface area contributed by atoms with Crippen molar-refractivity contribution in [2.75, 3.05) is 0 Å². The molecule has 0 fully saturated rings. The molecule has 0 saturated carbocycles. The Kier molecular flexibility index (Phi) is 2.28. The zero-order chi connectivity index (χ0) is 8.27. The Hall–Kier alpha value is -1.29. The van der Waals surface area contributed by atoms with Gasteiger partial charge in [-0.05, 0) is 6.07 Å². The summed E-state index contributed by atoms with van der Waals surface area (Å²) >= 11 is 0. The number of carbonyl (C=O) groups is 1. The quantitative estimate of drug-likeness (QED) is 0.613. The third-order valence-corrected chi connectivity index (χ3v) is 1.19. The molecule has 1 aromatic heterocycles. The first-order valence-electron chi connectivity index (χ1n) is 3.17. The van der Waals surface area contributed by atoms with Crippen molar-refractivity contribution < 1.29 is 9.90 Å². The van der Waals surface area contributed by atoms with Gasteiger partial charge in [-0.15, -0.1) is 0 Å². The van der Waals surface area contributed by atoms with Crippen LogP contribution < -0.4 is 0 Å². The van der Waals surface area contributed by atoms with Crippen molar-refractivity contribution in [2.45, 2.75) is 13.5 Å². The second-order valence-electron chi connectivity index (χ2n) is 2.09. The highest BCUT2D eigenvalue weighted by Gasteiger charge is 2.01. The largest absolute Gasteiger partial charge is 0.390 e. The molecule has 0 aliphatic rings. The zero-order valence-corrected chi connectivity index (χ0v) is 6.11. The van der Waals surface area contributed by atoms with E-state index in [4.69, 9.17) is 5.11 Å². The third-order valence-electron chi connectivity index (χ3n) is 1.19. The molecule has 0 bridgehead atoms. The van der Waals surface area contributed by atoms with Crippen LogP contribution in [0.1, 0.15) is 23.2 Å². The molecular formula is C7H8N2O2. The highest BCUT2D eigenvalue weighted by atomic mass is 16.3. The molecule has 0 saturated heterocycles. The summed E-state index contributed by atoms with van der Waals surface area (Å²) in [6, 6.07) is 1.56. The summed E-state index contributed by atoms with van der Waals surface area (Å²) < 4.78 is 0. The molecule has 0 unspecified atom stereocenters. The van der Waals surface area contributed by atoms with Crippen molar-refractivity contribution in [3.8, 4) is 0 Å². The smallest absolute Gasteiger partial charge is 0.196 e. The molecule has 0 atom stereocenters. The van der Waals surface area contributed by atoms with Gasteiger partial charge in [0.15, 0.2) is 11.6 Å². The fourth-order valence-corrected chi connectivity index (χ4v) is 0.654. The molecule has 0 aromatic carbocycles. The molecule has 1 rings (SSSR count). The predicted octanol–water partition coefficient (Wildman–Crippen LogP) is 0.171. The van der Waals surface area contributed by atoms with E-state index in [1.54, 1.807) is 6.07 Å². The van der Waals surface area contributed by atoms with Crippen molar-refractivity contribution in [2.24, 2.45) is 0 Å². The van der Waals surface area contributed by atoms with Crippen LogP contribution in [0.15, 0.2) is 12.3 Å². The number of carbonyl (C=O) groups excluding carboxylic acids is 1. The minimum Gasteiger partial charge on any atom is -0.390 e. The van der Waals surface area contributed by atoms with Gasteiger partial charge in [-0.25, -0.2) is 9.97 Å². The molecule has 4 heteroatoms. The molecule has 1 N–H and O–H groups in total. The Morgan fingerprint density at radius 1 is 1.73 bits per heavy atom. The molecule has 0 aliphatic heterocycles. The highest BCUT2D eigenvalue weighted by molar-refractivity contribution is 5.90. The van der Waals surface area contributed by atoms with E-state index in [0.29, 0.717) is 5.69 Å². The van der Waals surface area contributed by atoms with Crippen molar-refractivity contribution in [1.82, 2.24) is 9.97 Å². The Labute approximate surface area is 63.9 Å². The summed E-state index contributed by atoms with van der Waals surface area (Å²) in [5.41, 5.74) is 0.463. The fraction of sp³-hybridized carbons (Fsp3) is 0.286. The number of rotatable bonds is 2. The van der Waals surface area contributed by atoms with Crippen molar-refractivity contribution in [1.29, 1.82) is 0 Å². The number of hydrogen-bond donors (Lipinski definition) is 1. The van der Waals surface area contributed by atoms with Crippen LogP contribution >= 0.6 is 0 Å². The van der Waals surface area contributed by atoms with Gasteiger partial charge in [0, 0.05) is 13.1 Å². The molecule has 0 aliphatic carbocycles. The van der Waals surface area contributed by atoms with Gasteiger partial charge in [0.05, 0.1) is 12.3 Å². The molecule has 1 heterocycles. The maximum absolute atomic E-state index is 10.7. The molecule has 0 radical (unpaired) electrons. The van der Waals surface area contributed by atoms with Gasteiger partial charge in [-0.1, -0.05) is 0 Å². The number of Topliss-reactive ketones (excluding diaryl/α,β-unsaturated/α-hetero) is 1. The van der Waals surface area contributed by atoms with Gasteiger partial charge in [0.1, 0.15) is 0 Å². The maximum Gasteiger partial charge on any atom is 0.196 e. The van der Waals surface area contributed by atoms with Crippen LogP contribution in [0.2, 0.25) is 0 Å². The molecule has 11 heavy (non-hydrogen) atoms. The SMILES string of the molecule is CC(=O)c1nccc(CO)n1.